The van der Waals surface area contributed by atoms with Gasteiger partial charge in [0.1, 0.15) is 17.4 Å². The number of ether oxygens (including phenoxy) is 2. The molecule has 0 N–H and O–H groups in total. The minimum absolute atomic E-state index is 0.372. The molecule has 0 spiro atoms. The molecule has 0 unspecified atom stereocenters. The summed E-state index contributed by atoms with van der Waals surface area (Å²) in [6.45, 7) is 0.466. The second-order valence-electron chi connectivity index (χ2n) is 3.41. The van der Waals surface area contributed by atoms with Gasteiger partial charge in [0.2, 0.25) is 5.88 Å². The largest absolute Gasteiger partial charge is 0.487 e. The number of nitrogens with zero attached hydrogens (tertiary/aromatic N) is 1. The molecule has 1 heterocycles. The van der Waals surface area contributed by atoms with Gasteiger partial charge in [0, 0.05) is 12.3 Å². The van der Waals surface area contributed by atoms with E-state index >= 15 is 0 Å². The summed E-state index contributed by atoms with van der Waals surface area (Å²) in [5.41, 5.74) is 1.08. The molecule has 1 aromatic heterocycles. The van der Waals surface area contributed by atoms with E-state index in [4.69, 9.17) is 21.1 Å². The fourth-order valence-corrected chi connectivity index (χ4v) is 1.64. The summed E-state index contributed by atoms with van der Waals surface area (Å²) in [5, 5.41) is 0.394. The Morgan fingerprint density at radius 2 is 1.94 bits per heavy atom. The monoisotopic (exact) mass is 249 g/mol. The van der Waals surface area contributed by atoms with E-state index in [-0.39, 0.29) is 0 Å². The summed E-state index contributed by atoms with van der Waals surface area (Å²) in [7, 11) is 1.52. The van der Waals surface area contributed by atoms with Crippen LogP contribution in [0.15, 0.2) is 42.6 Å². The predicted octanol–water partition coefficient (Wildman–Crippen LogP) is 3.32. The molecule has 2 aromatic rings. The molecule has 1 aromatic carbocycles. The Bertz CT molecular complexity index is 488. The fourth-order valence-electron chi connectivity index (χ4n) is 1.40. The molecule has 0 aliphatic rings. The molecule has 0 fully saturated rings. The van der Waals surface area contributed by atoms with Crippen molar-refractivity contribution in [1.82, 2.24) is 4.98 Å². The second-order valence-corrected chi connectivity index (χ2v) is 3.78. The van der Waals surface area contributed by atoms with Crippen molar-refractivity contribution >= 4 is 11.6 Å². The normalized spacial score (nSPS) is 10.0. The maximum atomic E-state index is 6.06. The van der Waals surface area contributed by atoms with Crippen LogP contribution in [0.25, 0.3) is 0 Å². The highest BCUT2D eigenvalue weighted by Crippen LogP contribution is 2.31. The predicted molar refractivity (Wildman–Crippen MR) is 66.6 cm³/mol. The molecule has 2 rings (SSSR count). The van der Waals surface area contributed by atoms with Gasteiger partial charge in [-0.15, -0.1) is 0 Å². The molecular weight excluding hydrogens is 238 g/mol. The highest BCUT2D eigenvalue weighted by Gasteiger charge is 2.08. The van der Waals surface area contributed by atoms with Crippen LogP contribution in [0.3, 0.4) is 0 Å². The van der Waals surface area contributed by atoms with Crippen molar-refractivity contribution in [2.45, 2.75) is 6.61 Å². The molecule has 4 heteroatoms. The summed E-state index contributed by atoms with van der Waals surface area (Å²) in [6, 6.07) is 11.6. The quantitative estimate of drug-likeness (QED) is 0.833. The molecule has 0 amide bonds. The summed E-state index contributed by atoms with van der Waals surface area (Å²) in [5.74, 6) is 0.944. The van der Waals surface area contributed by atoms with Gasteiger partial charge in [0.25, 0.3) is 0 Å². The van der Waals surface area contributed by atoms with Gasteiger partial charge < -0.3 is 9.47 Å². The van der Waals surface area contributed by atoms with Crippen LogP contribution in [0.1, 0.15) is 5.56 Å². The minimum atomic E-state index is 0.372. The molecule has 0 atom stereocenters. The van der Waals surface area contributed by atoms with Crippen LogP contribution in [0.4, 0.5) is 0 Å². The smallest absolute Gasteiger partial charge is 0.236 e. The fraction of sp³-hybridized carbons (Fsp3) is 0.154. The average Bonchev–Trinajstić information content (AvgIpc) is 2.39. The molecule has 0 saturated heterocycles. The number of benzene rings is 1. The lowest BCUT2D eigenvalue weighted by molar-refractivity contribution is 0.302. The Morgan fingerprint density at radius 1 is 1.18 bits per heavy atom. The van der Waals surface area contributed by atoms with Crippen molar-refractivity contribution in [2.24, 2.45) is 0 Å². The molecule has 88 valence electrons. The van der Waals surface area contributed by atoms with Gasteiger partial charge in [0.15, 0.2) is 0 Å². The molecular formula is C13H12ClNO2. The van der Waals surface area contributed by atoms with Crippen molar-refractivity contribution in [2.75, 3.05) is 7.11 Å². The van der Waals surface area contributed by atoms with Gasteiger partial charge >= 0.3 is 0 Å². The minimum Gasteiger partial charge on any atom is -0.487 e. The molecule has 0 radical (unpaired) electrons. The van der Waals surface area contributed by atoms with Crippen molar-refractivity contribution < 1.29 is 9.47 Å². The third kappa shape index (κ3) is 2.88. The Hall–Kier alpha value is -1.74. The van der Waals surface area contributed by atoms with Gasteiger partial charge in [-0.25, -0.2) is 4.98 Å². The van der Waals surface area contributed by atoms with Gasteiger partial charge in [-0.3, -0.25) is 0 Å². The lowest BCUT2D eigenvalue weighted by atomic mass is 10.2. The zero-order valence-electron chi connectivity index (χ0n) is 9.39. The Kier molecular flexibility index (Phi) is 3.83. The number of aromatic nitrogens is 1. The Labute approximate surface area is 105 Å². The summed E-state index contributed by atoms with van der Waals surface area (Å²) in [4.78, 5) is 3.98. The number of hydrogen-bond donors (Lipinski definition) is 0. The van der Waals surface area contributed by atoms with Crippen LogP contribution in [-0.4, -0.2) is 12.1 Å². The van der Waals surface area contributed by atoms with Crippen molar-refractivity contribution in [3.8, 4) is 11.6 Å². The molecule has 0 aliphatic heterocycles. The van der Waals surface area contributed by atoms with Crippen molar-refractivity contribution in [3.63, 3.8) is 0 Å². The van der Waals surface area contributed by atoms with E-state index in [0.717, 1.165) is 5.56 Å². The zero-order valence-corrected chi connectivity index (χ0v) is 10.1. The highest BCUT2D eigenvalue weighted by atomic mass is 35.5. The Balaban J connectivity index is 2.09. The summed E-state index contributed by atoms with van der Waals surface area (Å²) < 4.78 is 10.6. The number of hydrogen-bond acceptors (Lipinski definition) is 3. The van der Waals surface area contributed by atoms with E-state index in [1.807, 2.05) is 30.3 Å². The first-order chi connectivity index (χ1) is 8.31. The maximum absolute atomic E-state index is 6.06. The van der Waals surface area contributed by atoms with Crippen molar-refractivity contribution in [1.29, 1.82) is 0 Å². The second kappa shape index (κ2) is 5.55. The molecule has 0 saturated carbocycles. The first-order valence-corrected chi connectivity index (χ1v) is 5.54. The lowest BCUT2D eigenvalue weighted by Gasteiger charge is -2.09. The number of halogens is 1. The van der Waals surface area contributed by atoms with E-state index in [2.05, 4.69) is 4.98 Å². The van der Waals surface area contributed by atoms with Gasteiger partial charge in [-0.2, -0.15) is 0 Å². The first kappa shape index (κ1) is 11.7. The zero-order chi connectivity index (χ0) is 12.1. The summed E-state index contributed by atoms with van der Waals surface area (Å²) in [6.07, 6.45) is 1.60. The van der Waals surface area contributed by atoms with Crippen LogP contribution in [-0.2, 0) is 6.61 Å². The van der Waals surface area contributed by atoms with Gasteiger partial charge in [-0.1, -0.05) is 41.9 Å². The standard InChI is InChI=1S/C13H12ClNO2/c1-16-13-12(14)11(7-8-15-13)17-9-10-5-3-2-4-6-10/h2-8H,9H2,1H3. The van der Waals surface area contributed by atoms with E-state index in [0.29, 0.717) is 23.3 Å². The van der Waals surface area contributed by atoms with E-state index < -0.39 is 0 Å². The number of rotatable bonds is 4. The topological polar surface area (TPSA) is 31.4 Å². The van der Waals surface area contributed by atoms with Crippen LogP contribution in [0.5, 0.6) is 11.6 Å². The van der Waals surface area contributed by atoms with Crippen LogP contribution in [0, 0.1) is 0 Å². The van der Waals surface area contributed by atoms with Crippen LogP contribution < -0.4 is 9.47 Å². The molecule has 0 aliphatic carbocycles. The summed E-state index contributed by atoms with van der Waals surface area (Å²) >= 11 is 6.06. The van der Waals surface area contributed by atoms with Crippen LogP contribution >= 0.6 is 11.6 Å². The molecule has 0 bridgehead atoms. The first-order valence-electron chi connectivity index (χ1n) is 5.16. The average molecular weight is 250 g/mol. The highest BCUT2D eigenvalue weighted by molar-refractivity contribution is 6.33. The van der Waals surface area contributed by atoms with E-state index in [1.165, 1.54) is 7.11 Å². The lowest BCUT2D eigenvalue weighted by Crippen LogP contribution is -1.97. The van der Waals surface area contributed by atoms with E-state index in [1.54, 1.807) is 12.3 Å². The third-order valence-corrected chi connectivity index (χ3v) is 2.60. The van der Waals surface area contributed by atoms with Gasteiger partial charge in [-0.05, 0) is 5.56 Å². The van der Waals surface area contributed by atoms with Gasteiger partial charge in [0.05, 0.1) is 7.11 Å². The molecule has 17 heavy (non-hydrogen) atoms. The van der Waals surface area contributed by atoms with E-state index in [9.17, 15) is 0 Å². The maximum Gasteiger partial charge on any atom is 0.236 e. The SMILES string of the molecule is COc1nccc(OCc2ccccc2)c1Cl. The van der Waals surface area contributed by atoms with Crippen molar-refractivity contribution in [3.05, 3.63) is 53.2 Å². The number of pyridine rings is 1. The third-order valence-electron chi connectivity index (χ3n) is 2.25. The number of methoxy groups -OCH3 is 1. The van der Waals surface area contributed by atoms with Crippen LogP contribution in [0.2, 0.25) is 5.02 Å². The Morgan fingerprint density at radius 3 is 2.65 bits per heavy atom. The molecule has 3 nitrogen and oxygen atoms in total.